The van der Waals surface area contributed by atoms with Crippen molar-refractivity contribution in [3.63, 3.8) is 0 Å². The lowest BCUT2D eigenvalue weighted by atomic mass is 9.86. The third-order valence-corrected chi connectivity index (χ3v) is 6.98. The molecule has 3 unspecified atom stereocenters. The smallest absolute Gasteiger partial charge is 0.307 e. The lowest BCUT2D eigenvalue weighted by Gasteiger charge is -2.31. The number of nitrogens with one attached hydrogen (secondary N) is 2. The highest BCUT2D eigenvalue weighted by molar-refractivity contribution is 5.70. The van der Waals surface area contributed by atoms with E-state index in [-0.39, 0.29) is 25.4 Å². The highest BCUT2D eigenvalue weighted by Gasteiger charge is 2.25. The molecule has 0 spiro atoms. The van der Waals surface area contributed by atoms with Gasteiger partial charge in [0.1, 0.15) is 11.6 Å². The summed E-state index contributed by atoms with van der Waals surface area (Å²) in [6.07, 6.45) is 3.21. The molecule has 0 aromatic heterocycles. The largest absolute Gasteiger partial charge is 0.481 e. The van der Waals surface area contributed by atoms with Gasteiger partial charge in [-0.1, -0.05) is 37.3 Å². The molecule has 1 aliphatic carbocycles. The van der Waals surface area contributed by atoms with Gasteiger partial charge >= 0.3 is 5.97 Å². The number of anilines is 1. The molecule has 0 aliphatic heterocycles. The molecule has 0 heterocycles. The molecule has 1 aliphatic rings. The summed E-state index contributed by atoms with van der Waals surface area (Å²) in [5.74, 6) is -2.28. The van der Waals surface area contributed by atoms with E-state index in [1.807, 2.05) is 0 Å². The van der Waals surface area contributed by atoms with Gasteiger partial charge in [-0.25, -0.2) is 8.78 Å². The molecule has 7 heteroatoms. The Kier molecular flexibility index (Phi) is 8.90. The Morgan fingerprint density at radius 1 is 1.03 bits per heavy atom. The van der Waals surface area contributed by atoms with Gasteiger partial charge in [-0.3, -0.25) is 4.79 Å². The maximum absolute atomic E-state index is 13.9. The minimum absolute atomic E-state index is 0.121. The molecule has 0 bridgehead atoms. The summed E-state index contributed by atoms with van der Waals surface area (Å²) in [5.41, 5.74) is 5.56. The normalized spacial score (nSPS) is 16.6. The summed E-state index contributed by atoms with van der Waals surface area (Å²) in [6, 6.07) is 16.5. The molecule has 0 saturated heterocycles. The number of carboxylic acid groups (broad SMARTS) is 1. The lowest BCUT2D eigenvalue weighted by Crippen LogP contribution is -2.43. The molecule has 0 amide bonds. The number of fused-ring (bicyclic) bond motifs is 1. The molecule has 3 aromatic carbocycles. The van der Waals surface area contributed by atoms with E-state index in [0.29, 0.717) is 16.8 Å². The Hall–Kier alpha value is -3.29. The van der Waals surface area contributed by atoms with Gasteiger partial charge in [0.15, 0.2) is 0 Å². The minimum Gasteiger partial charge on any atom is -0.481 e. The minimum atomic E-state index is -0.938. The highest BCUT2D eigenvalue weighted by Crippen LogP contribution is 2.31. The van der Waals surface area contributed by atoms with Crippen molar-refractivity contribution < 1.29 is 23.8 Å². The fraction of sp³-hybridized carbons (Fsp3) is 0.367. The first-order chi connectivity index (χ1) is 17.8. The zero-order valence-corrected chi connectivity index (χ0v) is 21.0. The van der Waals surface area contributed by atoms with Crippen LogP contribution in [0, 0.1) is 11.6 Å². The molecule has 37 heavy (non-hydrogen) atoms. The van der Waals surface area contributed by atoms with E-state index in [4.69, 9.17) is 5.11 Å². The van der Waals surface area contributed by atoms with E-state index in [9.17, 15) is 18.7 Å². The Morgan fingerprint density at radius 3 is 2.54 bits per heavy atom. The van der Waals surface area contributed by atoms with Gasteiger partial charge in [-0.05, 0) is 84.2 Å². The number of benzene rings is 3. The fourth-order valence-electron chi connectivity index (χ4n) is 5.11. The quantitative estimate of drug-likeness (QED) is 0.286. The van der Waals surface area contributed by atoms with Crippen LogP contribution in [0.4, 0.5) is 14.5 Å². The summed E-state index contributed by atoms with van der Waals surface area (Å²) < 4.78 is 27.8. The van der Waals surface area contributed by atoms with Crippen LogP contribution in [-0.2, 0) is 30.5 Å². The van der Waals surface area contributed by atoms with Crippen molar-refractivity contribution in [1.29, 1.82) is 0 Å². The van der Waals surface area contributed by atoms with Crippen LogP contribution in [0.25, 0.3) is 0 Å². The second kappa shape index (κ2) is 12.3. The molecule has 0 radical (unpaired) electrons. The Bertz CT molecular complexity index is 1210. The van der Waals surface area contributed by atoms with Gasteiger partial charge in [-0.2, -0.15) is 0 Å². The SMILES string of the molecule is CCc1ccc2c(c1)C(NCC(O)C(Cc1cc(F)cc(F)c1)Nc1cccc(CC(=O)O)c1)CCC2. The lowest BCUT2D eigenvalue weighted by molar-refractivity contribution is -0.136. The van der Waals surface area contributed by atoms with Crippen LogP contribution in [0.3, 0.4) is 0 Å². The molecule has 3 atom stereocenters. The van der Waals surface area contributed by atoms with E-state index in [1.165, 1.54) is 28.8 Å². The number of rotatable bonds is 11. The van der Waals surface area contributed by atoms with Crippen LogP contribution >= 0.6 is 0 Å². The Balaban J connectivity index is 1.52. The molecule has 3 aromatic rings. The average Bonchev–Trinajstić information content (AvgIpc) is 2.85. The molecular formula is C30H34F2N2O3. The van der Waals surface area contributed by atoms with Crippen molar-refractivity contribution in [2.45, 2.75) is 63.6 Å². The number of aliphatic hydroxyl groups excluding tert-OH is 1. The number of carboxylic acids is 1. The van der Waals surface area contributed by atoms with Gasteiger partial charge in [0.25, 0.3) is 0 Å². The summed E-state index contributed by atoms with van der Waals surface area (Å²) in [6.45, 7) is 2.42. The molecular weight excluding hydrogens is 474 g/mol. The van der Waals surface area contributed by atoms with Gasteiger partial charge in [0.05, 0.1) is 18.6 Å². The summed E-state index contributed by atoms with van der Waals surface area (Å²) in [5, 5.41) is 27.2. The van der Waals surface area contributed by atoms with Crippen LogP contribution in [0.5, 0.6) is 0 Å². The van der Waals surface area contributed by atoms with Crippen molar-refractivity contribution in [3.05, 3.63) is 100 Å². The second-order valence-corrected chi connectivity index (χ2v) is 9.81. The summed E-state index contributed by atoms with van der Waals surface area (Å²) in [4.78, 5) is 11.1. The van der Waals surface area contributed by atoms with E-state index in [1.54, 1.807) is 24.3 Å². The van der Waals surface area contributed by atoms with Crippen molar-refractivity contribution >= 4 is 11.7 Å². The first kappa shape index (κ1) is 26.8. The molecule has 0 saturated carbocycles. The number of halogens is 2. The first-order valence-electron chi connectivity index (χ1n) is 12.9. The van der Waals surface area contributed by atoms with E-state index in [2.05, 4.69) is 35.8 Å². The fourth-order valence-corrected chi connectivity index (χ4v) is 5.11. The van der Waals surface area contributed by atoms with Crippen molar-refractivity contribution in [1.82, 2.24) is 5.32 Å². The number of aryl methyl sites for hydroxylation is 2. The number of aliphatic carboxylic acids is 1. The number of hydrogen-bond acceptors (Lipinski definition) is 4. The Labute approximate surface area is 216 Å². The van der Waals surface area contributed by atoms with Crippen LogP contribution < -0.4 is 10.6 Å². The number of hydrogen-bond donors (Lipinski definition) is 4. The van der Waals surface area contributed by atoms with E-state index >= 15 is 0 Å². The Morgan fingerprint density at radius 2 is 1.81 bits per heavy atom. The average molecular weight is 509 g/mol. The predicted molar refractivity (Wildman–Crippen MR) is 141 cm³/mol. The van der Waals surface area contributed by atoms with Gasteiger partial charge in [0, 0.05) is 24.3 Å². The molecule has 196 valence electrons. The highest BCUT2D eigenvalue weighted by atomic mass is 19.1. The standard InChI is InChI=1S/C30H34F2N2O3/c1-2-19-9-10-22-6-4-8-27(26(22)14-19)33-18-29(35)28(15-21-11-23(31)17-24(32)12-21)34-25-7-3-5-20(13-25)16-30(36)37/h3,5,7,9-14,17,27-29,33-35H,2,4,6,8,15-16,18H2,1H3,(H,36,37). The van der Waals surface area contributed by atoms with Crippen LogP contribution in [-0.4, -0.2) is 34.9 Å². The van der Waals surface area contributed by atoms with Gasteiger partial charge in [-0.15, -0.1) is 0 Å². The monoisotopic (exact) mass is 508 g/mol. The number of aliphatic hydroxyl groups is 1. The predicted octanol–water partition coefficient (Wildman–Crippen LogP) is 5.21. The molecule has 4 rings (SSSR count). The third kappa shape index (κ3) is 7.37. The zero-order chi connectivity index (χ0) is 26.4. The van der Waals surface area contributed by atoms with Crippen molar-refractivity contribution in [2.24, 2.45) is 0 Å². The summed E-state index contributed by atoms with van der Waals surface area (Å²) in [7, 11) is 0. The van der Waals surface area contributed by atoms with Crippen LogP contribution in [0.2, 0.25) is 0 Å². The van der Waals surface area contributed by atoms with Crippen molar-refractivity contribution in [3.8, 4) is 0 Å². The molecule has 5 nitrogen and oxygen atoms in total. The maximum atomic E-state index is 13.9. The maximum Gasteiger partial charge on any atom is 0.307 e. The third-order valence-electron chi connectivity index (χ3n) is 6.98. The zero-order valence-electron chi connectivity index (χ0n) is 21.0. The second-order valence-electron chi connectivity index (χ2n) is 9.81. The molecule has 4 N–H and O–H groups in total. The first-order valence-corrected chi connectivity index (χ1v) is 12.9. The topological polar surface area (TPSA) is 81.6 Å². The van der Waals surface area contributed by atoms with E-state index < -0.39 is 29.7 Å². The van der Waals surface area contributed by atoms with Crippen molar-refractivity contribution in [2.75, 3.05) is 11.9 Å². The van der Waals surface area contributed by atoms with Gasteiger partial charge < -0.3 is 20.8 Å². The van der Waals surface area contributed by atoms with Crippen LogP contribution in [0.1, 0.15) is 53.6 Å². The van der Waals surface area contributed by atoms with Crippen LogP contribution in [0.15, 0.2) is 60.7 Å². The molecule has 0 fully saturated rings. The van der Waals surface area contributed by atoms with E-state index in [0.717, 1.165) is 31.7 Å². The number of carbonyl (C=O) groups is 1. The summed E-state index contributed by atoms with van der Waals surface area (Å²) >= 11 is 0. The van der Waals surface area contributed by atoms with Gasteiger partial charge in [0.2, 0.25) is 0 Å².